The first-order chi connectivity index (χ1) is 5.15. The minimum atomic E-state index is -1.11. The fraction of sp³-hybridized carbons (Fsp3) is 1.00. The topological polar surface area (TPSA) is 90.2 Å². The van der Waals surface area contributed by atoms with E-state index in [1.807, 2.05) is 0 Å². The van der Waals surface area contributed by atoms with Gasteiger partial charge in [0.1, 0.15) is 12.2 Å². The highest BCUT2D eigenvalue weighted by molar-refractivity contribution is 4.81. The molecule has 0 amide bonds. The second-order valence-electron chi connectivity index (χ2n) is 2.61. The van der Waals surface area contributed by atoms with Crippen molar-refractivity contribution in [1.29, 1.82) is 0 Å². The van der Waals surface area contributed by atoms with Crippen LogP contribution in [0.2, 0.25) is 0 Å². The van der Waals surface area contributed by atoms with E-state index >= 15 is 0 Å². The first kappa shape index (κ1) is 8.89. The quantitative estimate of drug-likeness (QED) is 0.353. The van der Waals surface area contributed by atoms with Crippen LogP contribution < -0.4 is 0 Å². The Hall–Kier alpha value is -0.200. The maximum Gasteiger partial charge on any atom is 0.157 e. The standard InChI is InChI=1S/C6H12O5/c7-2-4-6(10)3(8)1-5(9)11-4/h3-10H,1-2H2/t3-,4-,5+,6-/m1/s1. The zero-order valence-electron chi connectivity index (χ0n) is 5.92. The van der Waals surface area contributed by atoms with Crippen molar-refractivity contribution >= 4 is 0 Å². The predicted octanol–water partition coefficient (Wildman–Crippen LogP) is -2.19. The molecule has 0 aromatic carbocycles. The Kier molecular flexibility index (Phi) is 2.80. The lowest BCUT2D eigenvalue weighted by atomic mass is 10.0. The van der Waals surface area contributed by atoms with Crippen LogP contribution in [0.15, 0.2) is 0 Å². The van der Waals surface area contributed by atoms with E-state index in [1.165, 1.54) is 0 Å². The number of hydrogen-bond acceptors (Lipinski definition) is 5. The first-order valence-electron chi connectivity index (χ1n) is 3.45. The summed E-state index contributed by atoms with van der Waals surface area (Å²) < 4.78 is 4.71. The first-order valence-corrected chi connectivity index (χ1v) is 3.45. The number of aliphatic hydroxyl groups is 4. The van der Waals surface area contributed by atoms with Crippen molar-refractivity contribution in [3.05, 3.63) is 0 Å². The number of ether oxygens (including phenoxy) is 1. The van der Waals surface area contributed by atoms with Crippen molar-refractivity contribution in [3.8, 4) is 0 Å². The van der Waals surface area contributed by atoms with Gasteiger partial charge in [-0.3, -0.25) is 0 Å². The van der Waals surface area contributed by atoms with Crippen LogP contribution in [0.25, 0.3) is 0 Å². The van der Waals surface area contributed by atoms with Gasteiger partial charge in [-0.1, -0.05) is 0 Å². The monoisotopic (exact) mass is 164 g/mol. The van der Waals surface area contributed by atoms with E-state index in [2.05, 4.69) is 0 Å². The summed E-state index contributed by atoms with van der Waals surface area (Å²) in [5.74, 6) is 0. The van der Waals surface area contributed by atoms with Crippen molar-refractivity contribution < 1.29 is 25.2 Å². The third-order valence-electron chi connectivity index (χ3n) is 1.73. The number of hydrogen-bond donors (Lipinski definition) is 4. The van der Waals surface area contributed by atoms with E-state index in [0.29, 0.717) is 0 Å². The van der Waals surface area contributed by atoms with Gasteiger partial charge in [-0.05, 0) is 0 Å². The number of aliphatic hydroxyl groups excluding tert-OH is 4. The van der Waals surface area contributed by atoms with Crippen LogP contribution in [0.3, 0.4) is 0 Å². The molecule has 1 aliphatic heterocycles. The van der Waals surface area contributed by atoms with E-state index in [1.54, 1.807) is 0 Å². The van der Waals surface area contributed by atoms with Gasteiger partial charge in [0, 0.05) is 6.42 Å². The van der Waals surface area contributed by atoms with Gasteiger partial charge in [-0.15, -0.1) is 0 Å². The minimum Gasteiger partial charge on any atom is -0.394 e. The summed E-state index contributed by atoms with van der Waals surface area (Å²) >= 11 is 0. The maximum atomic E-state index is 9.11. The lowest BCUT2D eigenvalue weighted by Gasteiger charge is -2.33. The van der Waals surface area contributed by atoms with Gasteiger partial charge < -0.3 is 25.2 Å². The second kappa shape index (κ2) is 3.46. The summed E-state index contributed by atoms with van der Waals surface area (Å²) in [7, 11) is 0. The summed E-state index contributed by atoms with van der Waals surface area (Å²) in [5, 5.41) is 35.6. The molecule has 1 fully saturated rings. The smallest absolute Gasteiger partial charge is 0.157 e. The Labute approximate surface area is 63.8 Å². The Bertz CT molecular complexity index is 128. The molecule has 0 aliphatic carbocycles. The normalized spacial score (nSPS) is 45.8. The van der Waals surface area contributed by atoms with Crippen molar-refractivity contribution in [2.75, 3.05) is 6.61 Å². The largest absolute Gasteiger partial charge is 0.394 e. The molecule has 66 valence electrons. The molecule has 4 N–H and O–H groups in total. The van der Waals surface area contributed by atoms with E-state index in [4.69, 9.17) is 25.2 Å². The van der Waals surface area contributed by atoms with E-state index in [-0.39, 0.29) is 6.42 Å². The molecule has 0 spiro atoms. The maximum absolute atomic E-state index is 9.11. The highest BCUT2D eigenvalue weighted by atomic mass is 16.6. The molecule has 0 bridgehead atoms. The molecule has 5 nitrogen and oxygen atoms in total. The summed E-state index contributed by atoms with van der Waals surface area (Å²) in [5.41, 5.74) is 0. The molecule has 1 rings (SSSR count). The van der Waals surface area contributed by atoms with Crippen molar-refractivity contribution in [1.82, 2.24) is 0 Å². The van der Waals surface area contributed by atoms with Gasteiger partial charge in [0.15, 0.2) is 6.29 Å². The summed E-state index contributed by atoms with van der Waals surface area (Å²) in [4.78, 5) is 0. The van der Waals surface area contributed by atoms with E-state index in [0.717, 1.165) is 0 Å². The van der Waals surface area contributed by atoms with Crippen LogP contribution in [-0.2, 0) is 4.74 Å². The van der Waals surface area contributed by atoms with E-state index < -0.39 is 31.2 Å². The van der Waals surface area contributed by atoms with Gasteiger partial charge >= 0.3 is 0 Å². The van der Waals surface area contributed by atoms with Crippen LogP contribution >= 0.6 is 0 Å². The third-order valence-corrected chi connectivity index (χ3v) is 1.73. The average molecular weight is 164 g/mol. The van der Waals surface area contributed by atoms with Gasteiger partial charge in [0.25, 0.3) is 0 Å². The number of rotatable bonds is 1. The molecular formula is C6H12O5. The second-order valence-corrected chi connectivity index (χ2v) is 2.61. The van der Waals surface area contributed by atoms with Gasteiger partial charge in [-0.2, -0.15) is 0 Å². The van der Waals surface area contributed by atoms with Crippen LogP contribution in [-0.4, -0.2) is 51.6 Å². The predicted molar refractivity (Wildman–Crippen MR) is 34.6 cm³/mol. The molecule has 1 saturated heterocycles. The summed E-state index contributed by atoms with van der Waals surface area (Å²) in [6.07, 6.45) is -4.11. The lowest BCUT2D eigenvalue weighted by molar-refractivity contribution is -0.239. The Morgan fingerprint density at radius 2 is 1.91 bits per heavy atom. The van der Waals surface area contributed by atoms with Crippen molar-refractivity contribution in [2.45, 2.75) is 31.0 Å². The van der Waals surface area contributed by atoms with Crippen LogP contribution in [0.5, 0.6) is 0 Å². The highest BCUT2D eigenvalue weighted by Gasteiger charge is 2.35. The molecule has 0 radical (unpaired) electrons. The third kappa shape index (κ3) is 1.88. The molecule has 1 aliphatic rings. The molecule has 0 aromatic rings. The molecule has 11 heavy (non-hydrogen) atoms. The van der Waals surface area contributed by atoms with Crippen molar-refractivity contribution in [2.24, 2.45) is 0 Å². The molecule has 5 heteroatoms. The molecule has 0 saturated carbocycles. The minimum absolute atomic E-state index is 0.0162. The molecule has 4 atom stereocenters. The highest BCUT2D eigenvalue weighted by Crippen LogP contribution is 2.18. The zero-order valence-corrected chi connectivity index (χ0v) is 5.92. The summed E-state index contributed by atoms with van der Waals surface area (Å²) in [6, 6.07) is 0. The molecule has 0 aromatic heterocycles. The van der Waals surface area contributed by atoms with Crippen LogP contribution in [0.4, 0.5) is 0 Å². The van der Waals surface area contributed by atoms with E-state index in [9.17, 15) is 0 Å². The Morgan fingerprint density at radius 1 is 1.27 bits per heavy atom. The SMILES string of the molecule is OC[C@H]1O[C@H](O)C[C@@H](O)[C@H]1O. The zero-order chi connectivity index (χ0) is 8.43. The Balaban J connectivity index is 2.51. The summed E-state index contributed by atoms with van der Waals surface area (Å²) in [6.45, 7) is -0.407. The van der Waals surface area contributed by atoms with Gasteiger partial charge in [-0.25, -0.2) is 0 Å². The average Bonchev–Trinajstić information content (AvgIpc) is 1.96. The van der Waals surface area contributed by atoms with Crippen LogP contribution in [0.1, 0.15) is 6.42 Å². The van der Waals surface area contributed by atoms with Crippen molar-refractivity contribution in [3.63, 3.8) is 0 Å². The molecular weight excluding hydrogens is 152 g/mol. The fourth-order valence-electron chi connectivity index (χ4n) is 1.08. The van der Waals surface area contributed by atoms with Crippen LogP contribution in [0, 0.1) is 0 Å². The molecule has 1 heterocycles. The Morgan fingerprint density at radius 3 is 2.45 bits per heavy atom. The fourth-order valence-corrected chi connectivity index (χ4v) is 1.08. The van der Waals surface area contributed by atoms with Gasteiger partial charge in [0.2, 0.25) is 0 Å². The lowest BCUT2D eigenvalue weighted by Crippen LogP contribution is -2.49. The van der Waals surface area contributed by atoms with Gasteiger partial charge in [0.05, 0.1) is 12.7 Å². The molecule has 0 unspecified atom stereocenters.